The van der Waals surface area contributed by atoms with Crippen LogP contribution in [0.5, 0.6) is 0 Å². The lowest BCUT2D eigenvalue weighted by atomic mass is 10.1. The maximum atomic E-state index is 12.1. The molecule has 0 aliphatic heterocycles. The monoisotopic (exact) mass is 257 g/mol. The lowest BCUT2D eigenvalue weighted by Gasteiger charge is -2.10. The van der Waals surface area contributed by atoms with Gasteiger partial charge in [-0.1, -0.05) is 19.1 Å². The largest absolute Gasteiger partial charge is 0.384 e. The SMILES string of the molecule is CCCNc1ccccc1C(=O)Nc1nccnn1. The van der Waals surface area contributed by atoms with E-state index in [-0.39, 0.29) is 11.9 Å². The van der Waals surface area contributed by atoms with E-state index in [2.05, 4.69) is 32.7 Å². The van der Waals surface area contributed by atoms with E-state index in [1.165, 1.54) is 12.4 Å². The van der Waals surface area contributed by atoms with E-state index in [1.807, 2.05) is 18.2 Å². The molecule has 0 radical (unpaired) electrons. The highest BCUT2D eigenvalue weighted by Crippen LogP contribution is 2.16. The number of aromatic nitrogens is 3. The van der Waals surface area contributed by atoms with Crippen LogP contribution >= 0.6 is 0 Å². The number of carbonyl (C=O) groups is 1. The van der Waals surface area contributed by atoms with Crippen LogP contribution in [-0.2, 0) is 0 Å². The van der Waals surface area contributed by atoms with E-state index in [4.69, 9.17) is 0 Å². The number of hydrogen-bond acceptors (Lipinski definition) is 5. The molecule has 2 N–H and O–H groups in total. The molecule has 1 aromatic heterocycles. The van der Waals surface area contributed by atoms with Gasteiger partial charge in [-0.2, -0.15) is 5.10 Å². The highest BCUT2D eigenvalue weighted by atomic mass is 16.1. The van der Waals surface area contributed by atoms with Crippen molar-refractivity contribution in [3.63, 3.8) is 0 Å². The van der Waals surface area contributed by atoms with Gasteiger partial charge in [0.25, 0.3) is 5.91 Å². The molecular formula is C13H15N5O. The van der Waals surface area contributed by atoms with E-state index < -0.39 is 0 Å². The van der Waals surface area contributed by atoms with Crippen molar-refractivity contribution < 1.29 is 4.79 Å². The second kappa shape index (κ2) is 6.44. The Morgan fingerprint density at radius 1 is 1.26 bits per heavy atom. The summed E-state index contributed by atoms with van der Waals surface area (Å²) in [6, 6.07) is 7.32. The van der Waals surface area contributed by atoms with Gasteiger partial charge >= 0.3 is 0 Å². The number of para-hydroxylation sites is 1. The molecular weight excluding hydrogens is 242 g/mol. The van der Waals surface area contributed by atoms with Crippen molar-refractivity contribution in [3.05, 3.63) is 42.2 Å². The molecule has 1 heterocycles. The number of hydrogen-bond donors (Lipinski definition) is 2. The summed E-state index contributed by atoms with van der Waals surface area (Å²) in [7, 11) is 0. The summed E-state index contributed by atoms with van der Waals surface area (Å²) in [5.74, 6) is -0.0648. The molecule has 0 saturated carbocycles. The quantitative estimate of drug-likeness (QED) is 0.855. The van der Waals surface area contributed by atoms with Crippen molar-refractivity contribution in [2.24, 2.45) is 0 Å². The molecule has 1 aromatic carbocycles. The Morgan fingerprint density at radius 3 is 2.84 bits per heavy atom. The highest BCUT2D eigenvalue weighted by molar-refractivity contribution is 6.07. The van der Waals surface area contributed by atoms with Crippen LogP contribution in [0.3, 0.4) is 0 Å². The zero-order valence-corrected chi connectivity index (χ0v) is 10.6. The van der Waals surface area contributed by atoms with Gasteiger partial charge < -0.3 is 5.32 Å². The number of nitrogens with zero attached hydrogens (tertiary/aromatic N) is 3. The zero-order valence-electron chi connectivity index (χ0n) is 10.6. The van der Waals surface area contributed by atoms with Gasteiger partial charge in [-0.25, -0.2) is 4.98 Å². The minimum Gasteiger partial charge on any atom is -0.384 e. The molecule has 0 aliphatic rings. The molecule has 6 heteroatoms. The number of carbonyl (C=O) groups excluding carboxylic acids is 1. The van der Waals surface area contributed by atoms with Gasteiger partial charge in [-0.15, -0.1) is 5.10 Å². The van der Waals surface area contributed by atoms with Crippen molar-refractivity contribution in [2.75, 3.05) is 17.2 Å². The fraction of sp³-hybridized carbons (Fsp3) is 0.231. The molecule has 0 bridgehead atoms. The maximum absolute atomic E-state index is 12.1. The Labute approximate surface area is 111 Å². The van der Waals surface area contributed by atoms with Gasteiger partial charge in [0.15, 0.2) is 0 Å². The summed E-state index contributed by atoms with van der Waals surface area (Å²) in [5, 5.41) is 13.2. The summed E-state index contributed by atoms with van der Waals surface area (Å²) in [4.78, 5) is 16.0. The van der Waals surface area contributed by atoms with Crippen molar-refractivity contribution in [3.8, 4) is 0 Å². The summed E-state index contributed by atoms with van der Waals surface area (Å²) in [5.41, 5.74) is 1.36. The molecule has 19 heavy (non-hydrogen) atoms. The first-order chi connectivity index (χ1) is 9.31. The van der Waals surface area contributed by atoms with Crippen LogP contribution in [0, 0.1) is 0 Å². The molecule has 2 aromatic rings. The summed E-state index contributed by atoms with van der Waals surface area (Å²) < 4.78 is 0. The molecule has 0 fully saturated rings. The van der Waals surface area contributed by atoms with Crippen LogP contribution in [0.4, 0.5) is 11.6 Å². The average Bonchev–Trinajstić information content (AvgIpc) is 2.46. The fourth-order valence-electron chi connectivity index (χ4n) is 1.57. The highest BCUT2D eigenvalue weighted by Gasteiger charge is 2.11. The molecule has 0 atom stereocenters. The van der Waals surface area contributed by atoms with Gasteiger partial charge in [0.2, 0.25) is 5.95 Å². The van der Waals surface area contributed by atoms with Crippen LogP contribution in [0.1, 0.15) is 23.7 Å². The van der Waals surface area contributed by atoms with Crippen molar-refractivity contribution in [1.82, 2.24) is 15.2 Å². The number of benzene rings is 1. The number of anilines is 2. The standard InChI is InChI=1S/C13H15N5O/c1-2-7-14-11-6-4-3-5-10(11)12(19)17-13-15-8-9-16-18-13/h3-6,8-9,14H,2,7H2,1H3,(H,15,17,18,19). The molecule has 2 rings (SSSR count). The predicted molar refractivity (Wildman–Crippen MR) is 73.0 cm³/mol. The molecule has 98 valence electrons. The van der Waals surface area contributed by atoms with E-state index in [0.29, 0.717) is 5.56 Å². The van der Waals surface area contributed by atoms with Crippen LogP contribution < -0.4 is 10.6 Å². The fourth-order valence-corrected chi connectivity index (χ4v) is 1.57. The average molecular weight is 257 g/mol. The van der Waals surface area contributed by atoms with E-state index in [0.717, 1.165) is 18.7 Å². The van der Waals surface area contributed by atoms with Gasteiger partial charge in [0, 0.05) is 12.2 Å². The van der Waals surface area contributed by atoms with E-state index in [9.17, 15) is 4.79 Å². The van der Waals surface area contributed by atoms with Crippen LogP contribution in [0.2, 0.25) is 0 Å². The van der Waals surface area contributed by atoms with Crippen LogP contribution in [0.15, 0.2) is 36.7 Å². The van der Waals surface area contributed by atoms with Crippen LogP contribution in [0.25, 0.3) is 0 Å². The minimum absolute atomic E-state index is 0.192. The zero-order chi connectivity index (χ0) is 13.5. The summed E-state index contributed by atoms with van der Waals surface area (Å²) in [6.07, 6.45) is 3.91. The third-order valence-electron chi connectivity index (χ3n) is 2.45. The molecule has 0 spiro atoms. The smallest absolute Gasteiger partial charge is 0.260 e. The van der Waals surface area contributed by atoms with Crippen molar-refractivity contribution >= 4 is 17.5 Å². The normalized spacial score (nSPS) is 9.95. The lowest BCUT2D eigenvalue weighted by molar-refractivity contribution is 0.102. The topological polar surface area (TPSA) is 79.8 Å². The number of rotatable bonds is 5. The molecule has 6 nitrogen and oxygen atoms in total. The first-order valence-corrected chi connectivity index (χ1v) is 6.09. The second-order valence-electron chi connectivity index (χ2n) is 3.89. The Morgan fingerprint density at radius 2 is 2.11 bits per heavy atom. The summed E-state index contributed by atoms with van der Waals surface area (Å²) >= 11 is 0. The Balaban J connectivity index is 2.14. The Hall–Kier alpha value is -2.50. The van der Waals surface area contributed by atoms with Gasteiger partial charge in [-0.3, -0.25) is 10.1 Å². The molecule has 0 aliphatic carbocycles. The first kappa shape index (κ1) is 12.9. The molecule has 0 unspecified atom stereocenters. The van der Waals surface area contributed by atoms with Gasteiger partial charge in [-0.05, 0) is 18.6 Å². The second-order valence-corrected chi connectivity index (χ2v) is 3.89. The Bertz CT molecular complexity index is 544. The van der Waals surface area contributed by atoms with Crippen molar-refractivity contribution in [1.29, 1.82) is 0 Å². The maximum Gasteiger partial charge on any atom is 0.260 e. The third-order valence-corrected chi connectivity index (χ3v) is 2.45. The molecule has 1 amide bonds. The van der Waals surface area contributed by atoms with Gasteiger partial charge in [0.05, 0.1) is 18.0 Å². The number of nitrogens with one attached hydrogen (secondary N) is 2. The minimum atomic E-state index is -0.257. The lowest BCUT2D eigenvalue weighted by Crippen LogP contribution is -2.16. The third kappa shape index (κ3) is 3.48. The van der Waals surface area contributed by atoms with Gasteiger partial charge in [0.1, 0.15) is 0 Å². The van der Waals surface area contributed by atoms with Crippen LogP contribution in [-0.4, -0.2) is 27.6 Å². The summed E-state index contributed by atoms with van der Waals surface area (Å²) in [6.45, 7) is 2.88. The van der Waals surface area contributed by atoms with Crippen molar-refractivity contribution in [2.45, 2.75) is 13.3 Å². The van der Waals surface area contributed by atoms with E-state index in [1.54, 1.807) is 6.07 Å². The van der Waals surface area contributed by atoms with E-state index >= 15 is 0 Å². The Kier molecular flexibility index (Phi) is 4.39. The predicted octanol–water partition coefficient (Wildman–Crippen LogP) is 1.95. The number of amides is 1. The molecule has 0 saturated heterocycles. The first-order valence-electron chi connectivity index (χ1n) is 6.09.